The standard InChI is InChI=1S/C13H18N2O/c1-9(14)3-5-11-7-10-4-6-12(16-2)8-13(10)15-11/h4,6-9,15H,3,5,14H2,1-2H3/t9-/m1/s1. The van der Waals surface area contributed by atoms with Gasteiger partial charge in [0, 0.05) is 23.3 Å². The van der Waals surface area contributed by atoms with Crippen LogP contribution in [0.4, 0.5) is 0 Å². The number of fused-ring (bicyclic) bond motifs is 1. The molecule has 0 spiro atoms. The maximum absolute atomic E-state index is 5.75. The van der Waals surface area contributed by atoms with Gasteiger partial charge in [0.05, 0.1) is 7.11 Å². The summed E-state index contributed by atoms with van der Waals surface area (Å²) in [7, 11) is 1.68. The molecule has 0 saturated heterocycles. The van der Waals surface area contributed by atoms with Crippen LogP contribution in [0.25, 0.3) is 10.9 Å². The zero-order valence-electron chi connectivity index (χ0n) is 9.79. The summed E-state index contributed by atoms with van der Waals surface area (Å²) in [5, 5.41) is 1.22. The van der Waals surface area contributed by atoms with E-state index in [9.17, 15) is 0 Å². The maximum Gasteiger partial charge on any atom is 0.120 e. The van der Waals surface area contributed by atoms with Crippen LogP contribution in [0.15, 0.2) is 24.3 Å². The summed E-state index contributed by atoms with van der Waals surface area (Å²) in [4.78, 5) is 3.39. The van der Waals surface area contributed by atoms with Gasteiger partial charge in [-0.05, 0) is 43.4 Å². The number of rotatable bonds is 4. The summed E-state index contributed by atoms with van der Waals surface area (Å²) in [6, 6.07) is 8.49. The zero-order chi connectivity index (χ0) is 11.5. The van der Waals surface area contributed by atoms with Crippen molar-refractivity contribution in [3.05, 3.63) is 30.0 Å². The molecule has 1 aromatic carbocycles. The largest absolute Gasteiger partial charge is 0.497 e. The first-order valence-corrected chi connectivity index (χ1v) is 5.60. The highest BCUT2D eigenvalue weighted by Gasteiger charge is 2.03. The Kier molecular flexibility index (Phi) is 3.15. The Bertz CT molecular complexity index is 474. The van der Waals surface area contributed by atoms with Crippen molar-refractivity contribution in [3.8, 4) is 5.75 Å². The molecule has 2 aromatic rings. The third-order valence-electron chi connectivity index (χ3n) is 2.75. The van der Waals surface area contributed by atoms with Gasteiger partial charge in [-0.1, -0.05) is 0 Å². The van der Waals surface area contributed by atoms with Crippen LogP contribution in [0.1, 0.15) is 19.0 Å². The van der Waals surface area contributed by atoms with E-state index in [0.717, 1.165) is 24.1 Å². The Balaban J connectivity index is 2.22. The van der Waals surface area contributed by atoms with E-state index in [0.29, 0.717) is 0 Å². The van der Waals surface area contributed by atoms with Crippen molar-refractivity contribution in [3.63, 3.8) is 0 Å². The van der Waals surface area contributed by atoms with E-state index in [1.807, 2.05) is 19.1 Å². The van der Waals surface area contributed by atoms with Crippen molar-refractivity contribution in [1.82, 2.24) is 4.98 Å². The fraction of sp³-hybridized carbons (Fsp3) is 0.385. The Morgan fingerprint density at radius 3 is 2.88 bits per heavy atom. The van der Waals surface area contributed by atoms with Gasteiger partial charge in [0.1, 0.15) is 5.75 Å². The van der Waals surface area contributed by atoms with Gasteiger partial charge in [-0.2, -0.15) is 0 Å². The average molecular weight is 218 g/mol. The van der Waals surface area contributed by atoms with Gasteiger partial charge in [0.15, 0.2) is 0 Å². The molecule has 1 heterocycles. The number of aryl methyl sites for hydroxylation is 1. The van der Waals surface area contributed by atoms with Crippen LogP contribution in [0.2, 0.25) is 0 Å². The molecule has 1 atom stereocenters. The van der Waals surface area contributed by atoms with Gasteiger partial charge in [0.25, 0.3) is 0 Å². The van der Waals surface area contributed by atoms with Crippen LogP contribution >= 0.6 is 0 Å². The number of hydrogen-bond acceptors (Lipinski definition) is 2. The lowest BCUT2D eigenvalue weighted by atomic mass is 10.1. The second-order valence-electron chi connectivity index (χ2n) is 4.26. The first kappa shape index (κ1) is 11.0. The quantitative estimate of drug-likeness (QED) is 0.828. The molecular weight excluding hydrogens is 200 g/mol. The van der Waals surface area contributed by atoms with Crippen molar-refractivity contribution in [1.29, 1.82) is 0 Å². The van der Waals surface area contributed by atoms with Crippen LogP contribution in [0, 0.1) is 0 Å². The van der Waals surface area contributed by atoms with Gasteiger partial charge in [0.2, 0.25) is 0 Å². The lowest BCUT2D eigenvalue weighted by Gasteiger charge is -2.01. The molecule has 0 bridgehead atoms. The number of ether oxygens (including phenoxy) is 1. The summed E-state index contributed by atoms with van der Waals surface area (Å²) >= 11 is 0. The van der Waals surface area contributed by atoms with E-state index in [1.165, 1.54) is 11.1 Å². The van der Waals surface area contributed by atoms with Crippen LogP contribution in [0.5, 0.6) is 5.75 Å². The molecule has 0 saturated carbocycles. The van der Waals surface area contributed by atoms with E-state index in [1.54, 1.807) is 7.11 Å². The molecule has 86 valence electrons. The Hall–Kier alpha value is -1.48. The molecule has 0 aliphatic rings. The number of nitrogens with one attached hydrogen (secondary N) is 1. The molecule has 0 unspecified atom stereocenters. The lowest BCUT2D eigenvalue weighted by Crippen LogP contribution is -2.15. The van der Waals surface area contributed by atoms with Crippen molar-refractivity contribution in [2.75, 3.05) is 7.11 Å². The number of aromatic amines is 1. The van der Waals surface area contributed by atoms with Gasteiger partial charge in [-0.15, -0.1) is 0 Å². The number of hydrogen-bond donors (Lipinski definition) is 2. The van der Waals surface area contributed by atoms with Crippen molar-refractivity contribution < 1.29 is 4.74 Å². The minimum absolute atomic E-state index is 0.251. The number of benzene rings is 1. The summed E-state index contributed by atoms with van der Waals surface area (Å²) in [5.74, 6) is 0.882. The first-order chi connectivity index (χ1) is 7.69. The predicted octanol–water partition coefficient (Wildman–Crippen LogP) is 2.46. The van der Waals surface area contributed by atoms with Crippen LogP contribution < -0.4 is 10.5 Å². The monoisotopic (exact) mass is 218 g/mol. The topological polar surface area (TPSA) is 51.0 Å². The molecule has 3 nitrogen and oxygen atoms in total. The molecule has 0 amide bonds. The summed E-state index contributed by atoms with van der Waals surface area (Å²) in [6.45, 7) is 2.03. The lowest BCUT2D eigenvalue weighted by molar-refractivity contribution is 0.415. The van der Waals surface area contributed by atoms with Gasteiger partial charge >= 0.3 is 0 Å². The molecular formula is C13H18N2O. The Morgan fingerprint density at radius 2 is 2.19 bits per heavy atom. The maximum atomic E-state index is 5.75. The molecule has 3 heteroatoms. The van der Waals surface area contributed by atoms with Crippen molar-refractivity contribution in [2.24, 2.45) is 5.73 Å². The summed E-state index contributed by atoms with van der Waals surface area (Å²) < 4.78 is 5.19. The normalized spacial score (nSPS) is 12.9. The third kappa shape index (κ3) is 2.36. The second kappa shape index (κ2) is 4.58. The minimum atomic E-state index is 0.251. The highest BCUT2D eigenvalue weighted by molar-refractivity contribution is 5.81. The average Bonchev–Trinajstić information content (AvgIpc) is 2.67. The molecule has 0 aliphatic carbocycles. The minimum Gasteiger partial charge on any atom is -0.497 e. The van der Waals surface area contributed by atoms with E-state index in [2.05, 4.69) is 17.1 Å². The van der Waals surface area contributed by atoms with Gasteiger partial charge in [-0.3, -0.25) is 0 Å². The Labute approximate surface area is 95.6 Å². The molecule has 0 fully saturated rings. The molecule has 0 radical (unpaired) electrons. The van der Waals surface area contributed by atoms with E-state index in [-0.39, 0.29) is 6.04 Å². The number of aromatic nitrogens is 1. The SMILES string of the molecule is COc1ccc2cc(CC[C@@H](C)N)[nH]c2c1. The number of nitrogens with two attached hydrogens (primary N) is 1. The molecule has 1 aromatic heterocycles. The predicted molar refractivity (Wildman–Crippen MR) is 66.8 cm³/mol. The molecule has 0 aliphatic heterocycles. The highest BCUT2D eigenvalue weighted by atomic mass is 16.5. The summed E-state index contributed by atoms with van der Waals surface area (Å²) in [5.41, 5.74) is 8.11. The molecule has 16 heavy (non-hydrogen) atoms. The van der Waals surface area contributed by atoms with Crippen molar-refractivity contribution in [2.45, 2.75) is 25.8 Å². The first-order valence-electron chi connectivity index (χ1n) is 5.60. The van der Waals surface area contributed by atoms with E-state index < -0.39 is 0 Å². The summed E-state index contributed by atoms with van der Waals surface area (Å²) in [6.07, 6.45) is 2.00. The van der Waals surface area contributed by atoms with Gasteiger partial charge in [-0.25, -0.2) is 0 Å². The number of H-pyrrole nitrogens is 1. The van der Waals surface area contributed by atoms with Crippen LogP contribution in [0.3, 0.4) is 0 Å². The third-order valence-corrected chi connectivity index (χ3v) is 2.75. The van der Waals surface area contributed by atoms with Crippen LogP contribution in [-0.2, 0) is 6.42 Å². The van der Waals surface area contributed by atoms with Crippen LogP contribution in [-0.4, -0.2) is 18.1 Å². The van der Waals surface area contributed by atoms with E-state index in [4.69, 9.17) is 10.5 Å². The molecule has 3 N–H and O–H groups in total. The van der Waals surface area contributed by atoms with Crippen molar-refractivity contribution >= 4 is 10.9 Å². The van der Waals surface area contributed by atoms with E-state index >= 15 is 0 Å². The Morgan fingerprint density at radius 1 is 1.38 bits per heavy atom. The highest BCUT2D eigenvalue weighted by Crippen LogP contribution is 2.21. The molecule has 2 rings (SSSR count). The fourth-order valence-corrected chi connectivity index (χ4v) is 1.81. The smallest absolute Gasteiger partial charge is 0.120 e. The number of methoxy groups -OCH3 is 1. The van der Waals surface area contributed by atoms with Gasteiger partial charge < -0.3 is 15.5 Å². The zero-order valence-corrected chi connectivity index (χ0v) is 9.79. The fourth-order valence-electron chi connectivity index (χ4n) is 1.81. The second-order valence-corrected chi connectivity index (χ2v) is 4.26.